The lowest BCUT2D eigenvalue weighted by Crippen LogP contribution is -2.38. The highest BCUT2D eigenvalue weighted by Gasteiger charge is 2.15. The van der Waals surface area contributed by atoms with Crippen LogP contribution in [0.2, 0.25) is 0 Å². The van der Waals surface area contributed by atoms with Crippen LogP contribution in [0.15, 0.2) is 18.2 Å². The Balaban J connectivity index is 2.12. The molecule has 0 bridgehead atoms. The van der Waals surface area contributed by atoms with Crippen molar-refractivity contribution < 1.29 is 23.9 Å². The molecule has 156 valence electrons. The van der Waals surface area contributed by atoms with Crippen LogP contribution < -0.4 is 20.7 Å². The average Bonchev–Trinajstić information content (AvgIpc) is 2.58. The van der Waals surface area contributed by atoms with Gasteiger partial charge in [-0.15, -0.1) is 0 Å². The van der Waals surface area contributed by atoms with Crippen molar-refractivity contribution in [2.45, 2.75) is 46.6 Å². The predicted molar refractivity (Wildman–Crippen MR) is 106 cm³/mol. The minimum absolute atomic E-state index is 0.0853. The van der Waals surface area contributed by atoms with E-state index in [1.165, 1.54) is 0 Å². The molecule has 1 rings (SSSR count). The van der Waals surface area contributed by atoms with Gasteiger partial charge in [0.25, 0.3) is 5.91 Å². The number of carbonyl (C=O) groups is 3. The van der Waals surface area contributed by atoms with E-state index >= 15 is 0 Å². The average molecular weight is 393 g/mol. The van der Waals surface area contributed by atoms with E-state index in [0.717, 1.165) is 11.1 Å². The molecule has 3 N–H and O–H groups in total. The van der Waals surface area contributed by atoms with Gasteiger partial charge in [0.15, 0.2) is 6.61 Å². The molecule has 28 heavy (non-hydrogen) atoms. The minimum Gasteiger partial charge on any atom is -0.483 e. The second-order valence-electron chi connectivity index (χ2n) is 7.37. The molecule has 0 aliphatic rings. The Morgan fingerprint density at radius 2 is 1.57 bits per heavy atom. The van der Waals surface area contributed by atoms with Crippen molar-refractivity contribution >= 4 is 17.9 Å². The smallest absolute Gasteiger partial charge is 0.407 e. The molecule has 3 amide bonds. The van der Waals surface area contributed by atoms with Crippen molar-refractivity contribution in [3.63, 3.8) is 0 Å². The molecule has 0 fully saturated rings. The van der Waals surface area contributed by atoms with Crippen molar-refractivity contribution in [3.8, 4) is 5.75 Å². The van der Waals surface area contributed by atoms with Gasteiger partial charge in [-0.2, -0.15) is 0 Å². The van der Waals surface area contributed by atoms with Gasteiger partial charge in [0, 0.05) is 26.1 Å². The van der Waals surface area contributed by atoms with Crippen molar-refractivity contribution in [1.82, 2.24) is 16.0 Å². The molecule has 8 heteroatoms. The number of aryl methyl sites for hydroxylation is 1. The summed E-state index contributed by atoms with van der Waals surface area (Å²) in [5.41, 5.74) is 1.52. The minimum atomic E-state index is -0.577. The lowest BCUT2D eigenvalue weighted by Gasteiger charge is -2.19. The highest BCUT2D eigenvalue weighted by atomic mass is 16.6. The van der Waals surface area contributed by atoms with Crippen LogP contribution in [-0.4, -0.2) is 49.7 Å². The molecule has 0 unspecified atom stereocenters. The molecular weight excluding hydrogens is 362 g/mol. The summed E-state index contributed by atoms with van der Waals surface area (Å²) in [6.45, 7) is 9.89. The molecule has 0 saturated carbocycles. The van der Waals surface area contributed by atoms with Crippen LogP contribution in [-0.2, 0) is 14.3 Å². The highest BCUT2D eigenvalue weighted by molar-refractivity contribution is 5.78. The number of hydrogen-bond acceptors (Lipinski definition) is 5. The second-order valence-corrected chi connectivity index (χ2v) is 7.37. The molecule has 0 aliphatic heterocycles. The molecule has 0 radical (unpaired) electrons. The van der Waals surface area contributed by atoms with Crippen molar-refractivity contribution in [3.05, 3.63) is 29.3 Å². The predicted octanol–water partition coefficient (Wildman–Crippen LogP) is 1.83. The first-order valence-corrected chi connectivity index (χ1v) is 9.28. The maximum Gasteiger partial charge on any atom is 0.407 e. The summed E-state index contributed by atoms with van der Waals surface area (Å²) in [5, 5.41) is 7.85. The molecule has 0 saturated heterocycles. The third kappa shape index (κ3) is 9.80. The third-order valence-corrected chi connectivity index (χ3v) is 3.70. The summed E-state index contributed by atoms with van der Waals surface area (Å²) < 4.78 is 10.6. The van der Waals surface area contributed by atoms with Crippen molar-refractivity contribution in [2.24, 2.45) is 0 Å². The van der Waals surface area contributed by atoms with E-state index in [9.17, 15) is 14.4 Å². The Hall–Kier alpha value is -2.77. The second kappa shape index (κ2) is 11.2. The number of ether oxygens (including phenoxy) is 2. The lowest BCUT2D eigenvalue weighted by molar-refractivity contribution is -0.124. The van der Waals surface area contributed by atoms with E-state index in [4.69, 9.17) is 9.47 Å². The monoisotopic (exact) mass is 393 g/mol. The molecule has 1 aromatic carbocycles. The first-order valence-electron chi connectivity index (χ1n) is 9.28. The van der Waals surface area contributed by atoms with E-state index < -0.39 is 11.7 Å². The maximum absolute atomic E-state index is 11.8. The molecule has 0 aliphatic carbocycles. The summed E-state index contributed by atoms with van der Waals surface area (Å²) in [6.07, 6.45) is -0.431. The third-order valence-electron chi connectivity index (χ3n) is 3.70. The van der Waals surface area contributed by atoms with Gasteiger partial charge in [0.1, 0.15) is 11.4 Å². The Morgan fingerprint density at radius 1 is 0.929 bits per heavy atom. The topological polar surface area (TPSA) is 106 Å². The normalized spacial score (nSPS) is 10.8. The quantitative estimate of drug-likeness (QED) is 0.555. The first-order chi connectivity index (χ1) is 13.1. The number of alkyl carbamates (subject to hydrolysis) is 1. The van der Waals surface area contributed by atoms with Crippen LogP contribution in [0.25, 0.3) is 0 Å². The highest BCUT2D eigenvalue weighted by Crippen LogP contribution is 2.20. The van der Waals surface area contributed by atoms with Crippen LogP contribution >= 0.6 is 0 Å². The Morgan fingerprint density at radius 3 is 2.21 bits per heavy atom. The fourth-order valence-electron chi connectivity index (χ4n) is 2.16. The fraction of sp³-hybridized carbons (Fsp3) is 0.550. The maximum atomic E-state index is 11.8. The number of benzene rings is 1. The van der Waals surface area contributed by atoms with E-state index in [0.29, 0.717) is 18.8 Å². The largest absolute Gasteiger partial charge is 0.483 e. The molecule has 0 aromatic heterocycles. The van der Waals surface area contributed by atoms with Gasteiger partial charge in [-0.1, -0.05) is 12.1 Å². The number of rotatable bonds is 9. The van der Waals surface area contributed by atoms with Gasteiger partial charge in [-0.05, 0) is 51.8 Å². The summed E-state index contributed by atoms with van der Waals surface area (Å²) in [6, 6.07) is 5.68. The van der Waals surface area contributed by atoms with Gasteiger partial charge in [-0.25, -0.2) is 4.79 Å². The summed E-state index contributed by atoms with van der Waals surface area (Å²) in [4.78, 5) is 35.0. The number of amides is 3. The molecular formula is C20H31N3O5. The number of hydrogen-bond donors (Lipinski definition) is 3. The SMILES string of the molecule is Cc1cccc(OCC(=O)NCCNC(=O)CCNC(=O)OC(C)(C)C)c1C. The van der Waals surface area contributed by atoms with Crippen LogP contribution in [0, 0.1) is 13.8 Å². The van der Waals surface area contributed by atoms with E-state index in [2.05, 4.69) is 16.0 Å². The molecule has 0 heterocycles. The van der Waals surface area contributed by atoms with E-state index in [1.54, 1.807) is 20.8 Å². The fourth-order valence-corrected chi connectivity index (χ4v) is 2.16. The summed E-state index contributed by atoms with van der Waals surface area (Å²) >= 11 is 0. The zero-order chi connectivity index (χ0) is 21.2. The molecule has 0 atom stereocenters. The lowest BCUT2D eigenvalue weighted by atomic mass is 10.1. The molecule has 8 nitrogen and oxygen atoms in total. The van der Waals surface area contributed by atoms with Gasteiger partial charge >= 0.3 is 6.09 Å². The van der Waals surface area contributed by atoms with Crippen LogP contribution in [0.4, 0.5) is 4.79 Å². The molecule has 1 aromatic rings. The van der Waals surface area contributed by atoms with Gasteiger partial charge < -0.3 is 25.4 Å². The van der Waals surface area contributed by atoms with Crippen molar-refractivity contribution in [2.75, 3.05) is 26.2 Å². The van der Waals surface area contributed by atoms with E-state index in [1.807, 2.05) is 32.0 Å². The Kier molecular flexibility index (Phi) is 9.27. The zero-order valence-electron chi connectivity index (χ0n) is 17.3. The van der Waals surface area contributed by atoms with Gasteiger partial charge in [-0.3, -0.25) is 9.59 Å². The van der Waals surface area contributed by atoms with Crippen LogP contribution in [0.5, 0.6) is 5.75 Å². The summed E-state index contributed by atoms with van der Waals surface area (Å²) in [5.74, 6) is 0.194. The van der Waals surface area contributed by atoms with Crippen LogP contribution in [0.1, 0.15) is 38.3 Å². The summed E-state index contributed by atoms with van der Waals surface area (Å²) in [7, 11) is 0. The first kappa shape index (κ1) is 23.3. The molecule has 0 spiro atoms. The standard InChI is InChI=1S/C20H31N3O5/c1-14-7-6-8-16(15(14)2)27-13-18(25)22-12-11-21-17(24)9-10-23-19(26)28-20(3,4)5/h6-8H,9-13H2,1-5H3,(H,21,24)(H,22,25)(H,23,26). The van der Waals surface area contributed by atoms with Crippen LogP contribution in [0.3, 0.4) is 0 Å². The van der Waals surface area contributed by atoms with Gasteiger partial charge in [0.05, 0.1) is 0 Å². The number of carbonyl (C=O) groups excluding carboxylic acids is 3. The van der Waals surface area contributed by atoms with E-state index in [-0.39, 0.29) is 31.4 Å². The Labute approximate surface area is 166 Å². The zero-order valence-corrected chi connectivity index (χ0v) is 17.3. The Bertz CT molecular complexity index is 683. The van der Waals surface area contributed by atoms with Gasteiger partial charge in [0.2, 0.25) is 5.91 Å². The number of nitrogens with one attached hydrogen (secondary N) is 3. The van der Waals surface area contributed by atoms with Crippen molar-refractivity contribution in [1.29, 1.82) is 0 Å².